The van der Waals surface area contributed by atoms with E-state index in [-0.39, 0.29) is 0 Å². The summed E-state index contributed by atoms with van der Waals surface area (Å²) in [7, 11) is 0. The minimum atomic E-state index is -0.539. The molecule has 0 saturated carbocycles. The van der Waals surface area contributed by atoms with Crippen LogP contribution >= 0.6 is 0 Å². The monoisotopic (exact) mass is 340 g/mol. The van der Waals surface area contributed by atoms with Crippen molar-refractivity contribution in [1.82, 2.24) is 10.2 Å². The van der Waals surface area contributed by atoms with Crippen LogP contribution in [0.4, 0.5) is 0 Å². The van der Waals surface area contributed by atoms with Gasteiger partial charge in [-0.05, 0) is 42.7 Å². The standard InChI is InChI=1S/C21H28N2O2/c1-16-12-19(20(24)14-23-10-8-22-9-11-23)21(13-17(16)2)25-15-18-6-4-3-5-7-18/h3-7,12-13,20,22,24H,8-11,14-15H2,1-2H3. The Bertz CT molecular complexity index is 682. The molecule has 1 unspecified atom stereocenters. The van der Waals surface area contributed by atoms with Gasteiger partial charge in [0.25, 0.3) is 0 Å². The Morgan fingerprint density at radius 3 is 2.48 bits per heavy atom. The molecule has 4 heteroatoms. The van der Waals surface area contributed by atoms with Gasteiger partial charge < -0.3 is 15.2 Å². The molecule has 134 valence electrons. The summed E-state index contributed by atoms with van der Waals surface area (Å²) in [5, 5.41) is 14.2. The lowest BCUT2D eigenvalue weighted by atomic mass is 10.0. The molecular weight excluding hydrogens is 312 g/mol. The van der Waals surface area contributed by atoms with Gasteiger partial charge in [0.2, 0.25) is 0 Å². The number of nitrogens with zero attached hydrogens (tertiary/aromatic N) is 1. The second-order valence-corrected chi connectivity index (χ2v) is 6.81. The summed E-state index contributed by atoms with van der Waals surface area (Å²) in [5.41, 5.74) is 4.38. The van der Waals surface area contributed by atoms with Crippen LogP contribution in [-0.4, -0.2) is 42.7 Å². The highest BCUT2D eigenvalue weighted by atomic mass is 16.5. The highest BCUT2D eigenvalue weighted by Crippen LogP contribution is 2.30. The lowest BCUT2D eigenvalue weighted by Crippen LogP contribution is -2.45. The van der Waals surface area contributed by atoms with Crippen LogP contribution in [0.15, 0.2) is 42.5 Å². The van der Waals surface area contributed by atoms with E-state index >= 15 is 0 Å². The van der Waals surface area contributed by atoms with Crippen molar-refractivity contribution in [2.45, 2.75) is 26.6 Å². The Hall–Kier alpha value is -1.88. The minimum Gasteiger partial charge on any atom is -0.489 e. The van der Waals surface area contributed by atoms with Crippen LogP contribution in [0.25, 0.3) is 0 Å². The highest BCUT2D eigenvalue weighted by Gasteiger charge is 2.20. The smallest absolute Gasteiger partial charge is 0.125 e. The molecule has 1 heterocycles. The number of rotatable bonds is 6. The Morgan fingerprint density at radius 1 is 1.08 bits per heavy atom. The number of nitrogens with one attached hydrogen (secondary N) is 1. The van der Waals surface area contributed by atoms with Crippen molar-refractivity contribution in [3.63, 3.8) is 0 Å². The summed E-state index contributed by atoms with van der Waals surface area (Å²) in [5.74, 6) is 0.787. The first-order chi connectivity index (χ1) is 12.1. The average molecular weight is 340 g/mol. The molecule has 1 aliphatic rings. The summed E-state index contributed by atoms with van der Waals surface area (Å²) in [6.45, 7) is 9.23. The van der Waals surface area contributed by atoms with Gasteiger partial charge in [-0.1, -0.05) is 30.3 Å². The molecule has 0 spiro atoms. The van der Waals surface area contributed by atoms with E-state index in [1.165, 1.54) is 11.1 Å². The Kier molecular flexibility index (Phi) is 6.08. The molecule has 2 aromatic rings. The zero-order valence-electron chi connectivity index (χ0n) is 15.2. The van der Waals surface area contributed by atoms with Gasteiger partial charge in [-0.15, -0.1) is 0 Å². The number of benzene rings is 2. The molecule has 1 saturated heterocycles. The van der Waals surface area contributed by atoms with Crippen LogP contribution in [0.2, 0.25) is 0 Å². The molecule has 0 aromatic heterocycles. The first-order valence-electron chi connectivity index (χ1n) is 9.02. The number of aliphatic hydroxyl groups excluding tert-OH is 1. The number of ether oxygens (including phenoxy) is 1. The van der Waals surface area contributed by atoms with Gasteiger partial charge in [-0.3, -0.25) is 4.90 Å². The summed E-state index contributed by atoms with van der Waals surface area (Å²) < 4.78 is 6.08. The van der Waals surface area contributed by atoms with Crippen LogP contribution in [-0.2, 0) is 6.61 Å². The first kappa shape index (κ1) is 17.9. The fourth-order valence-electron chi connectivity index (χ4n) is 3.17. The highest BCUT2D eigenvalue weighted by molar-refractivity contribution is 5.43. The number of piperazine rings is 1. The Balaban J connectivity index is 1.75. The fourth-order valence-corrected chi connectivity index (χ4v) is 3.17. The third-order valence-electron chi connectivity index (χ3n) is 4.86. The van der Waals surface area contributed by atoms with E-state index in [1.807, 2.05) is 18.2 Å². The molecule has 2 aromatic carbocycles. The molecular formula is C21H28N2O2. The minimum absolute atomic E-state index is 0.511. The number of aryl methyl sites for hydroxylation is 2. The van der Waals surface area contributed by atoms with E-state index < -0.39 is 6.10 Å². The summed E-state index contributed by atoms with van der Waals surface area (Å²) in [4.78, 5) is 2.30. The van der Waals surface area contributed by atoms with Crippen molar-refractivity contribution in [3.05, 3.63) is 64.7 Å². The molecule has 0 aliphatic carbocycles. The maximum Gasteiger partial charge on any atom is 0.125 e. The van der Waals surface area contributed by atoms with Gasteiger partial charge in [0.15, 0.2) is 0 Å². The second kappa shape index (κ2) is 8.48. The second-order valence-electron chi connectivity index (χ2n) is 6.81. The van der Waals surface area contributed by atoms with E-state index in [1.54, 1.807) is 0 Å². The number of aliphatic hydroxyl groups is 1. The summed E-state index contributed by atoms with van der Waals surface area (Å²) >= 11 is 0. The van der Waals surface area contributed by atoms with E-state index in [0.717, 1.165) is 43.1 Å². The molecule has 0 amide bonds. The quantitative estimate of drug-likeness (QED) is 0.849. The van der Waals surface area contributed by atoms with Gasteiger partial charge in [-0.2, -0.15) is 0 Å². The first-order valence-corrected chi connectivity index (χ1v) is 9.02. The molecule has 0 bridgehead atoms. The zero-order chi connectivity index (χ0) is 17.6. The largest absolute Gasteiger partial charge is 0.489 e. The van der Waals surface area contributed by atoms with Crippen molar-refractivity contribution < 1.29 is 9.84 Å². The predicted octanol–water partition coefficient (Wildman–Crippen LogP) is 2.82. The fraction of sp³-hybridized carbons (Fsp3) is 0.429. The topological polar surface area (TPSA) is 44.7 Å². The molecule has 25 heavy (non-hydrogen) atoms. The van der Waals surface area contributed by atoms with Gasteiger partial charge in [0.1, 0.15) is 12.4 Å². The summed E-state index contributed by atoms with van der Waals surface area (Å²) in [6.07, 6.45) is -0.539. The van der Waals surface area contributed by atoms with E-state index in [2.05, 4.69) is 48.3 Å². The van der Waals surface area contributed by atoms with Crippen molar-refractivity contribution in [2.75, 3.05) is 32.7 Å². The van der Waals surface area contributed by atoms with Crippen LogP contribution < -0.4 is 10.1 Å². The van der Waals surface area contributed by atoms with E-state index in [0.29, 0.717) is 13.2 Å². The number of β-amino-alcohol motifs (C(OH)–C–C–N with tert-alkyl or cyclic N) is 1. The van der Waals surface area contributed by atoms with E-state index in [9.17, 15) is 5.11 Å². The molecule has 2 N–H and O–H groups in total. The Labute approximate surface area is 150 Å². The van der Waals surface area contributed by atoms with Gasteiger partial charge in [0, 0.05) is 38.3 Å². The molecule has 1 atom stereocenters. The molecule has 3 rings (SSSR count). The van der Waals surface area contributed by atoms with Crippen molar-refractivity contribution in [1.29, 1.82) is 0 Å². The Morgan fingerprint density at radius 2 is 1.76 bits per heavy atom. The predicted molar refractivity (Wildman–Crippen MR) is 101 cm³/mol. The molecule has 4 nitrogen and oxygen atoms in total. The van der Waals surface area contributed by atoms with Gasteiger partial charge in [-0.25, -0.2) is 0 Å². The van der Waals surface area contributed by atoms with Crippen LogP contribution in [0.3, 0.4) is 0 Å². The van der Waals surface area contributed by atoms with Crippen LogP contribution in [0.5, 0.6) is 5.75 Å². The third-order valence-corrected chi connectivity index (χ3v) is 4.86. The zero-order valence-corrected chi connectivity index (χ0v) is 15.2. The van der Waals surface area contributed by atoms with E-state index in [4.69, 9.17) is 4.74 Å². The average Bonchev–Trinajstić information content (AvgIpc) is 2.64. The lowest BCUT2D eigenvalue weighted by Gasteiger charge is -2.30. The molecule has 1 aliphatic heterocycles. The lowest BCUT2D eigenvalue weighted by molar-refractivity contribution is 0.102. The maximum absolute atomic E-state index is 10.8. The molecule has 1 fully saturated rings. The molecule has 0 radical (unpaired) electrons. The van der Waals surface area contributed by atoms with Crippen molar-refractivity contribution >= 4 is 0 Å². The van der Waals surface area contributed by atoms with Crippen molar-refractivity contribution in [3.8, 4) is 5.75 Å². The van der Waals surface area contributed by atoms with Gasteiger partial charge in [0.05, 0.1) is 6.10 Å². The number of hydrogen-bond donors (Lipinski definition) is 2. The van der Waals surface area contributed by atoms with Crippen LogP contribution in [0.1, 0.15) is 28.4 Å². The van der Waals surface area contributed by atoms with Crippen molar-refractivity contribution in [2.24, 2.45) is 0 Å². The number of hydrogen-bond acceptors (Lipinski definition) is 4. The third kappa shape index (κ3) is 4.82. The summed E-state index contributed by atoms with van der Waals surface area (Å²) in [6, 6.07) is 14.3. The SMILES string of the molecule is Cc1cc(OCc2ccccc2)c(C(O)CN2CCNCC2)cc1C. The normalized spacial score (nSPS) is 16.6. The maximum atomic E-state index is 10.8. The van der Waals surface area contributed by atoms with Crippen LogP contribution in [0, 0.1) is 13.8 Å². The van der Waals surface area contributed by atoms with Gasteiger partial charge >= 0.3 is 0 Å².